The van der Waals surface area contributed by atoms with Crippen molar-refractivity contribution in [3.63, 3.8) is 0 Å². The molecule has 0 spiro atoms. The molecule has 4 rings (SSSR count). The summed E-state index contributed by atoms with van der Waals surface area (Å²) in [6.07, 6.45) is 3.20. The number of aryl methyl sites for hydroxylation is 2. The average molecular weight is 416 g/mol. The number of fused-ring (bicyclic) bond motifs is 1. The normalized spacial score (nSPS) is 19.9. The largest absolute Gasteiger partial charge is 0.405 e. The van der Waals surface area contributed by atoms with E-state index in [4.69, 9.17) is 9.41 Å². The molecule has 2 aromatic carbocycles. The number of pyridine rings is 1. The van der Waals surface area contributed by atoms with E-state index >= 15 is 0 Å². The molecular formula is C27H33NOSi. The SMILES string of the molecule is Cc1cccc(C[C@@H](O[Si@@]2(C(C)(C)C)CCCc3ccccc32)c2ccccc2)n1. The minimum absolute atomic E-state index is 0.0116. The maximum atomic E-state index is 7.40. The summed E-state index contributed by atoms with van der Waals surface area (Å²) in [5, 5.41) is 1.61. The Bertz CT molecular complexity index is 995. The maximum absolute atomic E-state index is 7.40. The molecule has 0 bridgehead atoms. The zero-order valence-electron chi connectivity index (χ0n) is 18.7. The number of nitrogens with zero attached hydrogens (tertiary/aromatic N) is 1. The van der Waals surface area contributed by atoms with Crippen LogP contribution < -0.4 is 5.19 Å². The van der Waals surface area contributed by atoms with E-state index in [2.05, 4.69) is 100 Å². The molecule has 0 amide bonds. The molecule has 3 aromatic rings. The van der Waals surface area contributed by atoms with E-state index in [9.17, 15) is 0 Å². The lowest BCUT2D eigenvalue weighted by Crippen LogP contribution is -2.61. The van der Waals surface area contributed by atoms with Crippen molar-refractivity contribution in [3.8, 4) is 0 Å². The fourth-order valence-electron chi connectivity index (χ4n) is 4.91. The zero-order valence-corrected chi connectivity index (χ0v) is 19.7. The molecule has 0 radical (unpaired) electrons. The molecule has 0 saturated carbocycles. The number of benzene rings is 2. The highest BCUT2D eigenvalue weighted by molar-refractivity contribution is 6.89. The van der Waals surface area contributed by atoms with Gasteiger partial charge in [-0.05, 0) is 59.3 Å². The third kappa shape index (κ3) is 4.14. The Hall–Kier alpha value is -2.23. The van der Waals surface area contributed by atoms with Gasteiger partial charge in [0.05, 0.1) is 6.10 Å². The van der Waals surface area contributed by atoms with E-state index < -0.39 is 8.32 Å². The fourth-order valence-corrected chi connectivity index (χ4v) is 9.81. The first-order valence-electron chi connectivity index (χ1n) is 11.1. The molecular weight excluding hydrogens is 382 g/mol. The lowest BCUT2D eigenvalue weighted by atomic mass is 10.0. The molecule has 156 valence electrons. The smallest absolute Gasteiger partial charge is 0.230 e. The Balaban J connectivity index is 1.79. The van der Waals surface area contributed by atoms with Crippen molar-refractivity contribution in [1.29, 1.82) is 0 Å². The molecule has 0 N–H and O–H groups in total. The second kappa shape index (κ2) is 8.48. The molecule has 1 aromatic heterocycles. The summed E-state index contributed by atoms with van der Waals surface area (Å²) in [5.74, 6) is 0. The Morgan fingerprint density at radius 2 is 1.67 bits per heavy atom. The molecule has 1 aliphatic rings. The highest BCUT2D eigenvalue weighted by Gasteiger charge is 2.51. The first-order chi connectivity index (χ1) is 14.4. The lowest BCUT2D eigenvalue weighted by molar-refractivity contribution is 0.181. The third-order valence-corrected chi connectivity index (χ3v) is 12.0. The van der Waals surface area contributed by atoms with Crippen LogP contribution in [-0.4, -0.2) is 13.3 Å². The molecule has 2 nitrogen and oxygen atoms in total. The van der Waals surface area contributed by atoms with Gasteiger partial charge >= 0.3 is 0 Å². The predicted molar refractivity (Wildman–Crippen MR) is 128 cm³/mol. The van der Waals surface area contributed by atoms with Crippen LogP contribution in [0.1, 0.15) is 55.8 Å². The Morgan fingerprint density at radius 1 is 0.933 bits per heavy atom. The second-order valence-electron chi connectivity index (χ2n) is 9.58. The van der Waals surface area contributed by atoms with Gasteiger partial charge in [0, 0.05) is 17.8 Å². The fraction of sp³-hybridized carbons (Fsp3) is 0.370. The van der Waals surface area contributed by atoms with E-state index in [0.717, 1.165) is 17.8 Å². The van der Waals surface area contributed by atoms with Gasteiger partial charge in [-0.2, -0.15) is 0 Å². The van der Waals surface area contributed by atoms with E-state index in [0.29, 0.717) is 0 Å². The van der Waals surface area contributed by atoms with Gasteiger partial charge in [-0.25, -0.2) is 0 Å². The van der Waals surface area contributed by atoms with Crippen LogP contribution in [-0.2, 0) is 17.3 Å². The van der Waals surface area contributed by atoms with Crippen LogP contribution in [0, 0.1) is 6.92 Å². The third-order valence-electron chi connectivity index (χ3n) is 6.49. The molecule has 2 heterocycles. The highest BCUT2D eigenvalue weighted by atomic mass is 28.4. The van der Waals surface area contributed by atoms with Gasteiger partial charge in [0.1, 0.15) is 0 Å². The zero-order chi connectivity index (χ0) is 21.2. The van der Waals surface area contributed by atoms with Crippen LogP contribution in [0.2, 0.25) is 11.1 Å². The molecule has 2 atom stereocenters. The van der Waals surface area contributed by atoms with Gasteiger partial charge in [0.2, 0.25) is 8.32 Å². The number of rotatable bonds is 5. The van der Waals surface area contributed by atoms with Crippen molar-refractivity contribution in [2.45, 2.75) is 64.1 Å². The first-order valence-corrected chi connectivity index (χ1v) is 13.2. The van der Waals surface area contributed by atoms with Crippen molar-refractivity contribution in [2.24, 2.45) is 0 Å². The van der Waals surface area contributed by atoms with E-state index in [-0.39, 0.29) is 11.1 Å². The number of hydrogen-bond donors (Lipinski definition) is 0. The summed E-state index contributed by atoms with van der Waals surface area (Å²) in [5.41, 5.74) is 4.90. The summed E-state index contributed by atoms with van der Waals surface area (Å²) in [4.78, 5) is 4.80. The van der Waals surface area contributed by atoms with Gasteiger partial charge < -0.3 is 4.43 Å². The van der Waals surface area contributed by atoms with E-state index in [1.165, 1.54) is 35.2 Å². The number of aromatic nitrogens is 1. The Morgan fingerprint density at radius 3 is 2.40 bits per heavy atom. The predicted octanol–water partition coefficient (Wildman–Crippen LogP) is 6.29. The van der Waals surface area contributed by atoms with Crippen LogP contribution in [0.25, 0.3) is 0 Å². The minimum atomic E-state index is -2.25. The van der Waals surface area contributed by atoms with Gasteiger partial charge in [0.15, 0.2) is 0 Å². The maximum Gasteiger partial charge on any atom is 0.230 e. The Kier molecular flexibility index (Phi) is 5.94. The standard InChI is InChI=1S/C27H33NOSi/c1-21-12-10-17-24(28-21)20-25(22-13-6-5-7-14-22)29-30(27(2,3)4)19-11-16-23-15-8-9-18-26(23)30/h5-10,12-15,17-18,25H,11,16,19-20H2,1-4H3/t25-,30+/m1/s1. The molecule has 1 aliphatic heterocycles. The summed E-state index contributed by atoms with van der Waals surface area (Å²) < 4.78 is 7.40. The monoisotopic (exact) mass is 415 g/mol. The van der Waals surface area contributed by atoms with Crippen LogP contribution >= 0.6 is 0 Å². The van der Waals surface area contributed by atoms with Crippen LogP contribution in [0.15, 0.2) is 72.8 Å². The molecule has 0 fully saturated rings. The van der Waals surface area contributed by atoms with Crippen molar-refractivity contribution in [2.75, 3.05) is 0 Å². The summed E-state index contributed by atoms with van der Waals surface area (Å²) in [6.45, 7) is 9.21. The highest BCUT2D eigenvalue weighted by Crippen LogP contribution is 2.45. The molecule has 3 heteroatoms. The number of hydrogen-bond acceptors (Lipinski definition) is 2. The van der Waals surface area contributed by atoms with Crippen molar-refractivity contribution in [1.82, 2.24) is 4.98 Å². The van der Waals surface area contributed by atoms with E-state index in [1.807, 2.05) is 0 Å². The molecule has 0 aliphatic carbocycles. The van der Waals surface area contributed by atoms with Crippen molar-refractivity contribution in [3.05, 3.63) is 95.3 Å². The summed E-state index contributed by atoms with van der Waals surface area (Å²) in [6, 6.07) is 27.2. The van der Waals surface area contributed by atoms with E-state index in [1.54, 1.807) is 0 Å². The molecule has 0 unspecified atom stereocenters. The van der Waals surface area contributed by atoms with Crippen LogP contribution in [0.4, 0.5) is 0 Å². The first kappa shape index (κ1) is 21.0. The van der Waals surface area contributed by atoms with Crippen molar-refractivity contribution >= 4 is 13.5 Å². The van der Waals surface area contributed by atoms with Crippen LogP contribution in [0.3, 0.4) is 0 Å². The van der Waals surface area contributed by atoms with Gasteiger partial charge in [-0.1, -0.05) is 81.4 Å². The lowest BCUT2D eigenvalue weighted by Gasteiger charge is -2.48. The Labute approximate surface area is 182 Å². The minimum Gasteiger partial charge on any atom is -0.405 e. The summed E-state index contributed by atoms with van der Waals surface area (Å²) in [7, 11) is -2.25. The molecule has 0 saturated heterocycles. The quantitative estimate of drug-likeness (QED) is 0.457. The van der Waals surface area contributed by atoms with Crippen molar-refractivity contribution < 1.29 is 4.43 Å². The van der Waals surface area contributed by atoms with Gasteiger partial charge in [-0.15, -0.1) is 0 Å². The summed E-state index contributed by atoms with van der Waals surface area (Å²) >= 11 is 0. The topological polar surface area (TPSA) is 22.1 Å². The van der Waals surface area contributed by atoms with Gasteiger partial charge in [0.25, 0.3) is 0 Å². The average Bonchev–Trinajstić information content (AvgIpc) is 2.73. The van der Waals surface area contributed by atoms with Crippen LogP contribution in [0.5, 0.6) is 0 Å². The van der Waals surface area contributed by atoms with Gasteiger partial charge in [-0.3, -0.25) is 4.98 Å². The second-order valence-corrected chi connectivity index (χ2v) is 14.0. The molecule has 30 heavy (non-hydrogen) atoms.